The maximum Gasteiger partial charge on any atom is 0.234 e. The van der Waals surface area contributed by atoms with Gasteiger partial charge in [-0.3, -0.25) is 4.79 Å². The lowest BCUT2D eigenvalue weighted by Crippen LogP contribution is -2.38. The van der Waals surface area contributed by atoms with Crippen LogP contribution in [0.3, 0.4) is 0 Å². The van der Waals surface area contributed by atoms with E-state index in [1.54, 1.807) is 7.05 Å². The summed E-state index contributed by atoms with van der Waals surface area (Å²) in [5.41, 5.74) is 0. The van der Waals surface area contributed by atoms with Crippen LogP contribution in [-0.4, -0.2) is 37.3 Å². The van der Waals surface area contributed by atoms with Crippen LogP contribution in [0.2, 0.25) is 0 Å². The first-order valence-corrected chi connectivity index (χ1v) is 4.17. The van der Waals surface area contributed by atoms with Crippen molar-refractivity contribution >= 4 is 5.91 Å². The Hall–Kier alpha value is -0.610. The third-order valence-electron chi connectivity index (χ3n) is 1.62. The highest BCUT2D eigenvalue weighted by atomic mass is 16.3. The Balaban J connectivity index is 3.47. The fourth-order valence-electron chi connectivity index (χ4n) is 0.677. The molecule has 0 heterocycles. The molecule has 1 amide bonds. The van der Waals surface area contributed by atoms with E-state index in [1.807, 2.05) is 13.8 Å². The number of nitrogens with one attached hydrogen (secondary N) is 2. The van der Waals surface area contributed by atoms with E-state index in [2.05, 4.69) is 10.6 Å². The summed E-state index contributed by atoms with van der Waals surface area (Å²) >= 11 is 0. The summed E-state index contributed by atoms with van der Waals surface area (Å²) < 4.78 is 0. The number of carbonyl (C=O) groups is 1. The molecule has 0 rings (SSSR count). The van der Waals surface area contributed by atoms with Gasteiger partial charge in [0, 0.05) is 6.54 Å². The van der Waals surface area contributed by atoms with Crippen molar-refractivity contribution in [3.63, 3.8) is 0 Å². The van der Waals surface area contributed by atoms with Crippen molar-refractivity contribution in [2.24, 2.45) is 5.92 Å². The van der Waals surface area contributed by atoms with Gasteiger partial charge in [0.2, 0.25) is 5.91 Å². The number of likely N-dealkylation sites (N-methyl/N-ethyl adjacent to an activating group) is 1. The summed E-state index contributed by atoms with van der Waals surface area (Å²) in [6.07, 6.45) is -0.453. The molecule has 1 unspecified atom stereocenters. The molecule has 72 valence electrons. The molecular formula is C8H18N2O2. The second-order valence-electron chi connectivity index (χ2n) is 3.15. The molecule has 0 fully saturated rings. The molecule has 0 aromatic rings. The third kappa shape index (κ3) is 5.09. The van der Waals surface area contributed by atoms with E-state index in [0.29, 0.717) is 13.1 Å². The first-order chi connectivity index (χ1) is 5.57. The first-order valence-electron chi connectivity index (χ1n) is 4.17. The van der Waals surface area contributed by atoms with Crippen molar-refractivity contribution in [1.29, 1.82) is 0 Å². The van der Waals surface area contributed by atoms with E-state index in [4.69, 9.17) is 0 Å². The normalized spacial score (nSPS) is 13.1. The fraction of sp³-hybridized carbons (Fsp3) is 0.875. The summed E-state index contributed by atoms with van der Waals surface area (Å²) in [6.45, 7) is 4.45. The lowest BCUT2D eigenvalue weighted by Gasteiger charge is -2.14. The topological polar surface area (TPSA) is 61.4 Å². The Kier molecular flexibility index (Phi) is 5.66. The van der Waals surface area contributed by atoms with Crippen molar-refractivity contribution < 1.29 is 9.90 Å². The van der Waals surface area contributed by atoms with E-state index >= 15 is 0 Å². The standard InChI is InChI=1S/C8H18N2O2/c1-6(2)7(11)4-10-8(12)5-9-3/h6-7,9,11H,4-5H2,1-3H3,(H,10,12). The molecule has 0 aromatic carbocycles. The van der Waals surface area contributed by atoms with Crippen molar-refractivity contribution in [2.45, 2.75) is 20.0 Å². The van der Waals surface area contributed by atoms with E-state index in [1.165, 1.54) is 0 Å². The second-order valence-corrected chi connectivity index (χ2v) is 3.15. The predicted molar refractivity (Wildman–Crippen MR) is 47.8 cm³/mol. The van der Waals surface area contributed by atoms with E-state index in [9.17, 15) is 9.90 Å². The minimum atomic E-state index is -0.453. The predicted octanol–water partition coefficient (Wildman–Crippen LogP) is -0.661. The molecule has 4 nitrogen and oxygen atoms in total. The summed E-state index contributed by atoms with van der Waals surface area (Å²) in [5.74, 6) is 0.0945. The first kappa shape index (κ1) is 11.4. The zero-order valence-electron chi connectivity index (χ0n) is 7.92. The summed E-state index contributed by atoms with van der Waals surface area (Å²) in [4.78, 5) is 10.9. The lowest BCUT2D eigenvalue weighted by molar-refractivity contribution is -0.120. The Bertz CT molecular complexity index is 137. The Morgan fingerprint density at radius 3 is 2.50 bits per heavy atom. The maximum absolute atomic E-state index is 10.9. The number of amides is 1. The van der Waals surface area contributed by atoms with Crippen LogP contribution in [0.4, 0.5) is 0 Å². The van der Waals surface area contributed by atoms with Gasteiger partial charge < -0.3 is 15.7 Å². The van der Waals surface area contributed by atoms with Gasteiger partial charge in [-0.25, -0.2) is 0 Å². The molecule has 0 aliphatic rings. The average Bonchev–Trinajstić information content (AvgIpc) is 2.00. The van der Waals surface area contributed by atoms with Crippen LogP contribution in [0, 0.1) is 5.92 Å². The molecule has 0 aliphatic carbocycles. The largest absolute Gasteiger partial charge is 0.391 e. The number of aliphatic hydroxyl groups is 1. The zero-order chi connectivity index (χ0) is 9.56. The quantitative estimate of drug-likeness (QED) is 0.518. The van der Waals surface area contributed by atoms with Crippen molar-refractivity contribution in [1.82, 2.24) is 10.6 Å². The molecule has 12 heavy (non-hydrogen) atoms. The number of hydrogen-bond donors (Lipinski definition) is 3. The molecule has 0 saturated carbocycles. The van der Waals surface area contributed by atoms with Crippen LogP contribution in [0.25, 0.3) is 0 Å². The van der Waals surface area contributed by atoms with Gasteiger partial charge in [0.25, 0.3) is 0 Å². The highest BCUT2D eigenvalue weighted by Gasteiger charge is 2.09. The van der Waals surface area contributed by atoms with Gasteiger partial charge in [0.05, 0.1) is 12.6 Å². The minimum absolute atomic E-state index is 0.0859. The molecular weight excluding hydrogens is 156 g/mol. The van der Waals surface area contributed by atoms with E-state index < -0.39 is 6.10 Å². The molecule has 0 saturated heterocycles. The molecule has 3 N–H and O–H groups in total. The Morgan fingerprint density at radius 2 is 2.08 bits per heavy atom. The number of hydrogen-bond acceptors (Lipinski definition) is 3. The van der Waals surface area contributed by atoms with Gasteiger partial charge >= 0.3 is 0 Å². The molecule has 0 aromatic heterocycles. The fourth-order valence-corrected chi connectivity index (χ4v) is 0.677. The third-order valence-corrected chi connectivity index (χ3v) is 1.62. The molecule has 0 aliphatic heterocycles. The van der Waals surface area contributed by atoms with Gasteiger partial charge in [-0.1, -0.05) is 13.8 Å². The summed E-state index contributed by atoms with van der Waals surface area (Å²) in [6, 6.07) is 0. The van der Waals surface area contributed by atoms with Gasteiger partial charge in [0.15, 0.2) is 0 Å². The highest BCUT2D eigenvalue weighted by Crippen LogP contribution is 1.98. The van der Waals surface area contributed by atoms with Crippen LogP contribution in [0.5, 0.6) is 0 Å². The van der Waals surface area contributed by atoms with Gasteiger partial charge in [-0.05, 0) is 13.0 Å². The van der Waals surface area contributed by atoms with E-state index in [-0.39, 0.29) is 11.8 Å². The highest BCUT2D eigenvalue weighted by molar-refractivity contribution is 5.77. The maximum atomic E-state index is 10.9. The number of carbonyl (C=O) groups excluding carboxylic acids is 1. The second kappa shape index (κ2) is 5.97. The van der Waals surface area contributed by atoms with Crippen LogP contribution in [0.1, 0.15) is 13.8 Å². The SMILES string of the molecule is CNCC(=O)NCC(O)C(C)C. The summed E-state index contributed by atoms with van der Waals surface area (Å²) in [7, 11) is 1.71. The minimum Gasteiger partial charge on any atom is -0.391 e. The summed E-state index contributed by atoms with van der Waals surface area (Å²) in [5, 5.41) is 14.6. The molecule has 4 heteroatoms. The van der Waals surface area contributed by atoms with Crippen LogP contribution in [-0.2, 0) is 4.79 Å². The lowest BCUT2D eigenvalue weighted by atomic mass is 10.1. The molecule has 0 radical (unpaired) electrons. The van der Waals surface area contributed by atoms with Crippen LogP contribution in [0.15, 0.2) is 0 Å². The number of rotatable bonds is 5. The zero-order valence-corrected chi connectivity index (χ0v) is 7.92. The van der Waals surface area contributed by atoms with Crippen LogP contribution >= 0.6 is 0 Å². The Morgan fingerprint density at radius 1 is 1.50 bits per heavy atom. The van der Waals surface area contributed by atoms with Gasteiger partial charge in [0.1, 0.15) is 0 Å². The van der Waals surface area contributed by atoms with Crippen molar-refractivity contribution in [3.05, 3.63) is 0 Å². The smallest absolute Gasteiger partial charge is 0.234 e. The molecule has 0 spiro atoms. The Labute approximate surface area is 73.3 Å². The van der Waals surface area contributed by atoms with Gasteiger partial charge in [-0.2, -0.15) is 0 Å². The number of aliphatic hydroxyl groups excluding tert-OH is 1. The van der Waals surface area contributed by atoms with Gasteiger partial charge in [-0.15, -0.1) is 0 Å². The molecule has 1 atom stereocenters. The van der Waals surface area contributed by atoms with E-state index in [0.717, 1.165) is 0 Å². The van der Waals surface area contributed by atoms with Crippen LogP contribution < -0.4 is 10.6 Å². The monoisotopic (exact) mass is 174 g/mol. The average molecular weight is 174 g/mol. The van der Waals surface area contributed by atoms with Crippen molar-refractivity contribution in [2.75, 3.05) is 20.1 Å². The molecule has 0 bridgehead atoms. The van der Waals surface area contributed by atoms with Crippen molar-refractivity contribution in [3.8, 4) is 0 Å².